The van der Waals surface area contributed by atoms with E-state index >= 15 is 0 Å². The van der Waals surface area contributed by atoms with E-state index in [9.17, 15) is 0 Å². The van der Waals surface area contributed by atoms with Crippen molar-refractivity contribution >= 4 is 11.6 Å². The van der Waals surface area contributed by atoms with Crippen LogP contribution in [0.2, 0.25) is 0 Å². The van der Waals surface area contributed by atoms with Gasteiger partial charge in [-0.1, -0.05) is 19.1 Å². The maximum atomic E-state index is 5.90. The van der Waals surface area contributed by atoms with E-state index in [1.807, 2.05) is 19.1 Å². The topological polar surface area (TPSA) is 9.23 Å². The summed E-state index contributed by atoms with van der Waals surface area (Å²) < 4.78 is 5.51. The van der Waals surface area contributed by atoms with Crippen LogP contribution in [-0.2, 0) is 6.42 Å². The highest BCUT2D eigenvalue weighted by Crippen LogP contribution is 2.15. The van der Waals surface area contributed by atoms with Gasteiger partial charge < -0.3 is 4.74 Å². The van der Waals surface area contributed by atoms with Gasteiger partial charge in [0.25, 0.3) is 0 Å². The molecule has 1 nitrogen and oxygen atoms in total. The molecule has 0 bridgehead atoms. The zero-order valence-electron chi connectivity index (χ0n) is 9.50. The Morgan fingerprint density at radius 2 is 1.93 bits per heavy atom. The van der Waals surface area contributed by atoms with E-state index < -0.39 is 0 Å². The van der Waals surface area contributed by atoms with E-state index in [0.717, 1.165) is 31.6 Å². The van der Waals surface area contributed by atoms with Crippen LogP contribution in [0.5, 0.6) is 5.75 Å². The normalized spacial score (nSPS) is 12.5. The van der Waals surface area contributed by atoms with E-state index in [2.05, 4.69) is 19.1 Å². The van der Waals surface area contributed by atoms with Crippen LogP contribution in [0.3, 0.4) is 0 Å². The van der Waals surface area contributed by atoms with Crippen molar-refractivity contribution in [2.24, 2.45) is 0 Å². The number of aryl methyl sites for hydroxylation is 1. The van der Waals surface area contributed by atoms with Gasteiger partial charge in [0.1, 0.15) is 5.75 Å². The molecular formula is C13H19ClO. The molecule has 0 amide bonds. The van der Waals surface area contributed by atoms with Crippen LogP contribution in [0.15, 0.2) is 24.3 Å². The molecule has 0 saturated carbocycles. The van der Waals surface area contributed by atoms with Crippen LogP contribution in [0.1, 0.15) is 32.3 Å². The van der Waals surface area contributed by atoms with Gasteiger partial charge in [0, 0.05) is 5.38 Å². The fraction of sp³-hybridized carbons (Fsp3) is 0.538. The van der Waals surface area contributed by atoms with Gasteiger partial charge in [-0.15, -0.1) is 11.6 Å². The Kier molecular flexibility index (Phi) is 5.56. The van der Waals surface area contributed by atoms with E-state index in [4.69, 9.17) is 16.3 Å². The molecule has 0 aliphatic rings. The zero-order valence-corrected chi connectivity index (χ0v) is 10.3. The molecule has 15 heavy (non-hydrogen) atoms. The number of halogens is 1. The third-order valence-electron chi connectivity index (χ3n) is 2.23. The first-order valence-corrected chi connectivity index (χ1v) is 6.02. The molecule has 0 aliphatic heterocycles. The van der Waals surface area contributed by atoms with Gasteiger partial charge in [-0.2, -0.15) is 0 Å². The quantitative estimate of drug-likeness (QED) is 0.666. The molecule has 2 heteroatoms. The second-order valence-corrected chi connectivity index (χ2v) is 4.56. The van der Waals surface area contributed by atoms with E-state index in [-0.39, 0.29) is 5.38 Å². The van der Waals surface area contributed by atoms with Gasteiger partial charge in [-0.05, 0) is 43.9 Å². The molecule has 0 heterocycles. The third-order valence-corrected chi connectivity index (χ3v) is 2.45. The van der Waals surface area contributed by atoms with Crippen molar-refractivity contribution in [2.45, 2.75) is 38.5 Å². The van der Waals surface area contributed by atoms with Crippen LogP contribution in [0, 0.1) is 0 Å². The Balaban J connectivity index is 2.41. The van der Waals surface area contributed by atoms with Gasteiger partial charge in [0.05, 0.1) is 6.61 Å². The average molecular weight is 227 g/mol. The first kappa shape index (κ1) is 12.4. The number of benzene rings is 1. The van der Waals surface area contributed by atoms with E-state index in [1.54, 1.807) is 0 Å². The Bertz CT molecular complexity index is 266. The molecule has 0 radical (unpaired) electrons. The molecule has 0 aromatic heterocycles. The molecule has 84 valence electrons. The van der Waals surface area contributed by atoms with Crippen molar-refractivity contribution in [1.29, 1.82) is 0 Å². The van der Waals surface area contributed by atoms with Gasteiger partial charge in [-0.3, -0.25) is 0 Å². The maximum Gasteiger partial charge on any atom is 0.119 e. The molecule has 0 N–H and O–H groups in total. The minimum absolute atomic E-state index is 0.251. The monoisotopic (exact) mass is 226 g/mol. The summed E-state index contributed by atoms with van der Waals surface area (Å²) in [4.78, 5) is 0. The smallest absolute Gasteiger partial charge is 0.119 e. The number of alkyl halides is 1. The van der Waals surface area contributed by atoms with Crippen LogP contribution in [0.25, 0.3) is 0 Å². The summed E-state index contributed by atoms with van der Waals surface area (Å²) in [6.45, 7) is 4.93. The standard InChI is InChI=1S/C13H19ClO/c1-3-10-15-13-8-6-12(7-9-13)5-4-11(2)14/h6-9,11H,3-5,10H2,1-2H3. The minimum Gasteiger partial charge on any atom is -0.494 e. The first-order chi connectivity index (χ1) is 7.22. The summed E-state index contributed by atoms with van der Waals surface area (Å²) in [6, 6.07) is 8.29. The molecule has 1 unspecified atom stereocenters. The summed E-state index contributed by atoms with van der Waals surface area (Å²) in [5.74, 6) is 0.958. The molecule has 0 spiro atoms. The lowest BCUT2D eigenvalue weighted by atomic mass is 10.1. The Morgan fingerprint density at radius 1 is 1.27 bits per heavy atom. The predicted molar refractivity (Wildman–Crippen MR) is 65.9 cm³/mol. The zero-order chi connectivity index (χ0) is 11.1. The Morgan fingerprint density at radius 3 is 2.47 bits per heavy atom. The van der Waals surface area contributed by atoms with Crippen LogP contribution in [0.4, 0.5) is 0 Å². The second-order valence-electron chi connectivity index (χ2n) is 3.81. The number of ether oxygens (including phenoxy) is 1. The predicted octanol–water partition coefficient (Wildman–Crippen LogP) is 4.04. The molecule has 0 fully saturated rings. The Labute approximate surface area is 97.4 Å². The van der Waals surface area contributed by atoms with Gasteiger partial charge in [-0.25, -0.2) is 0 Å². The lowest BCUT2D eigenvalue weighted by Gasteiger charge is -2.06. The fourth-order valence-electron chi connectivity index (χ4n) is 1.34. The summed E-state index contributed by atoms with van der Waals surface area (Å²) in [7, 11) is 0. The molecule has 0 saturated heterocycles. The lowest BCUT2D eigenvalue weighted by molar-refractivity contribution is 0.317. The third kappa shape index (κ3) is 5.08. The lowest BCUT2D eigenvalue weighted by Crippen LogP contribution is -1.96. The second kappa shape index (κ2) is 6.73. The molecule has 1 rings (SSSR count). The van der Waals surface area contributed by atoms with Crippen molar-refractivity contribution < 1.29 is 4.74 Å². The molecule has 1 aromatic rings. The van der Waals surface area contributed by atoms with Gasteiger partial charge >= 0.3 is 0 Å². The first-order valence-electron chi connectivity index (χ1n) is 5.58. The summed E-state index contributed by atoms with van der Waals surface area (Å²) in [6.07, 6.45) is 3.11. The van der Waals surface area contributed by atoms with Gasteiger partial charge in [0.15, 0.2) is 0 Å². The average Bonchev–Trinajstić information content (AvgIpc) is 2.25. The van der Waals surface area contributed by atoms with Crippen LogP contribution in [-0.4, -0.2) is 12.0 Å². The van der Waals surface area contributed by atoms with Crippen molar-refractivity contribution in [3.8, 4) is 5.75 Å². The fourth-order valence-corrected chi connectivity index (χ4v) is 1.45. The number of hydrogen-bond donors (Lipinski definition) is 0. The van der Waals surface area contributed by atoms with Crippen LogP contribution < -0.4 is 4.74 Å². The van der Waals surface area contributed by atoms with E-state index in [1.165, 1.54) is 5.56 Å². The SMILES string of the molecule is CCCOc1ccc(CCC(C)Cl)cc1. The molecule has 0 aliphatic carbocycles. The summed E-state index contributed by atoms with van der Waals surface area (Å²) in [5.41, 5.74) is 1.33. The number of hydrogen-bond acceptors (Lipinski definition) is 1. The summed E-state index contributed by atoms with van der Waals surface area (Å²) in [5, 5.41) is 0.251. The Hall–Kier alpha value is -0.690. The van der Waals surface area contributed by atoms with E-state index in [0.29, 0.717) is 0 Å². The van der Waals surface area contributed by atoms with Gasteiger partial charge in [0.2, 0.25) is 0 Å². The largest absolute Gasteiger partial charge is 0.494 e. The number of rotatable bonds is 6. The van der Waals surface area contributed by atoms with Crippen molar-refractivity contribution in [1.82, 2.24) is 0 Å². The molecule has 1 aromatic carbocycles. The maximum absolute atomic E-state index is 5.90. The highest BCUT2D eigenvalue weighted by atomic mass is 35.5. The summed E-state index contributed by atoms with van der Waals surface area (Å²) >= 11 is 5.90. The van der Waals surface area contributed by atoms with Crippen molar-refractivity contribution in [3.05, 3.63) is 29.8 Å². The minimum atomic E-state index is 0.251. The highest BCUT2D eigenvalue weighted by Gasteiger charge is 1.99. The molecule has 1 atom stereocenters. The van der Waals surface area contributed by atoms with Crippen molar-refractivity contribution in [2.75, 3.05) is 6.61 Å². The van der Waals surface area contributed by atoms with Crippen molar-refractivity contribution in [3.63, 3.8) is 0 Å². The van der Waals surface area contributed by atoms with Crippen LogP contribution >= 0.6 is 11.6 Å². The highest BCUT2D eigenvalue weighted by molar-refractivity contribution is 6.20. The molecular weight excluding hydrogens is 208 g/mol.